The lowest BCUT2D eigenvalue weighted by molar-refractivity contribution is -0.115. The lowest BCUT2D eigenvalue weighted by Gasteiger charge is -2.06. The number of rotatable bonds is 3. The Balaban J connectivity index is 1.83. The van der Waals surface area contributed by atoms with Crippen LogP contribution in [0.4, 0.5) is 8.78 Å². The molecule has 1 saturated heterocycles. The Kier molecular flexibility index (Phi) is 4.44. The summed E-state index contributed by atoms with van der Waals surface area (Å²) in [4.78, 5) is 27.1. The zero-order valence-corrected chi connectivity index (χ0v) is 15.3. The van der Waals surface area contributed by atoms with Crippen LogP contribution < -0.4 is 5.32 Å². The number of hydrogen-bond donors (Lipinski definition) is 2. The topological polar surface area (TPSA) is 92.4 Å². The maximum absolute atomic E-state index is 14.1. The maximum Gasteiger partial charge on any atom is 0.341 e. The van der Waals surface area contributed by atoms with E-state index in [4.69, 9.17) is 21.7 Å². The van der Waals surface area contributed by atoms with Gasteiger partial charge in [0, 0.05) is 29.4 Å². The van der Waals surface area contributed by atoms with Crippen LogP contribution in [-0.2, 0) is 4.79 Å². The minimum Gasteiger partial charge on any atom is -0.477 e. The van der Waals surface area contributed by atoms with E-state index in [0.717, 1.165) is 23.9 Å². The first-order valence-corrected chi connectivity index (χ1v) is 8.91. The van der Waals surface area contributed by atoms with E-state index in [1.165, 1.54) is 18.5 Å². The second-order valence-electron chi connectivity index (χ2n) is 5.73. The fourth-order valence-corrected chi connectivity index (χ4v) is 3.77. The Morgan fingerprint density at radius 3 is 2.57 bits per heavy atom. The van der Waals surface area contributed by atoms with Crippen LogP contribution in [0.5, 0.6) is 0 Å². The highest BCUT2D eigenvalue weighted by Gasteiger charge is 2.23. The summed E-state index contributed by atoms with van der Waals surface area (Å²) in [6.45, 7) is 0. The van der Waals surface area contributed by atoms with E-state index in [-0.39, 0.29) is 22.6 Å². The number of pyridine rings is 1. The normalized spacial score (nSPS) is 15.4. The molecule has 1 fully saturated rings. The van der Waals surface area contributed by atoms with Crippen LogP contribution in [0.3, 0.4) is 0 Å². The van der Waals surface area contributed by atoms with Crippen molar-refractivity contribution in [1.82, 2.24) is 10.3 Å². The minimum atomic E-state index is -1.70. The molecule has 0 bridgehead atoms. The van der Waals surface area contributed by atoms with Crippen LogP contribution in [0.15, 0.2) is 39.9 Å². The number of furan rings is 1. The third kappa shape index (κ3) is 3.16. The highest BCUT2D eigenvalue weighted by molar-refractivity contribution is 8.26. The molecule has 10 heteroatoms. The Labute approximate surface area is 165 Å². The van der Waals surface area contributed by atoms with Gasteiger partial charge in [0.25, 0.3) is 5.91 Å². The van der Waals surface area contributed by atoms with Crippen molar-refractivity contribution >= 4 is 57.2 Å². The molecule has 2 aromatic heterocycles. The predicted molar refractivity (Wildman–Crippen MR) is 103 cm³/mol. The molecule has 1 aromatic carbocycles. The second-order valence-corrected chi connectivity index (χ2v) is 7.45. The van der Waals surface area contributed by atoms with Gasteiger partial charge in [-0.05, 0) is 23.8 Å². The van der Waals surface area contributed by atoms with Gasteiger partial charge < -0.3 is 14.8 Å². The number of hydrogen-bond acceptors (Lipinski definition) is 6. The summed E-state index contributed by atoms with van der Waals surface area (Å²) in [7, 11) is 0. The Morgan fingerprint density at radius 1 is 1.25 bits per heavy atom. The summed E-state index contributed by atoms with van der Waals surface area (Å²) in [6.07, 6.45) is 4.34. The zero-order chi connectivity index (χ0) is 20.0. The van der Waals surface area contributed by atoms with E-state index >= 15 is 0 Å². The molecule has 6 nitrogen and oxygen atoms in total. The number of carboxylic acids is 1. The van der Waals surface area contributed by atoms with Gasteiger partial charge in [0.2, 0.25) is 0 Å². The van der Waals surface area contributed by atoms with E-state index in [2.05, 4.69) is 10.3 Å². The highest BCUT2D eigenvalue weighted by atomic mass is 32.2. The van der Waals surface area contributed by atoms with E-state index in [0.29, 0.717) is 20.4 Å². The summed E-state index contributed by atoms with van der Waals surface area (Å²) in [5.74, 6) is -4.13. The molecule has 0 spiro atoms. The Bertz CT molecular complexity index is 1200. The SMILES string of the molecule is O=C1NC(=S)S/C1=C/c1cc2cncc(-c3cc(F)c(C(=O)O)c(F)c3)c2o1. The number of amides is 1. The van der Waals surface area contributed by atoms with Gasteiger partial charge in [-0.1, -0.05) is 24.0 Å². The van der Waals surface area contributed by atoms with Gasteiger partial charge in [-0.2, -0.15) is 0 Å². The fraction of sp³-hybridized carbons (Fsp3) is 0. The van der Waals surface area contributed by atoms with E-state index in [1.54, 1.807) is 6.07 Å². The number of aromatic carboxylic acids is 1. The lowest BCUT2D eigenvalue weighted by Crippen LogP contribution is -2.17. The van der Waals surface area contributed by atoms with Crippen molar-refractivity contribution in [2.45, 2.75) is 0 Å². The summed E-state index contributed by atoms with van der Waals surface area (Å²) in [5, 5.41) is 11.9. The van der Waals surface area contributed by atoms with Crippen LogP contribution >= 0.6 is 24.0 Å². The molecule has 140 valence electrons. The van der Waals surface area contributed by atoms with Gasteiger partial charge in [0.1, 0.15) is 32.9 Å². The first-order chi connectivity index (χ1) is 13.3. The largest absolute Gasteiger partial charge is 0.477 e. The van der Waals surface area contributed by atoms with Crippen molar-refractivity contribution in [3.05, 3.63) is 58.5 Å². The molecular formula is C18H8F2N2O4S2. The number of nitrogens with zero attached hydrogens (tertiary/aromatic N) is 1. The smallest absolute Gasteiger partial charge is 0.341 e. The van der Waals surface area contributed by atoms with Crippen LogP contribution in [-0.4, -0.2) is 26.3 Å². The molecule has 0 saturated carbocycles. The molecule has 0 aliphatic carbocycles. The van der Waals surface area contributed by atoms with Crippen LogP contribution in [0, 0.1) is 11.6 Å². The molecule has 4 rings (SSSR count). The van der Waals surface area contributed by atoms with Crippen molar-refractivity contribution in [2.75, 3.05) is 0 Å². The standard InChI is InChI=1S/C18H8F2N2O4S2/c19-11-2-7(3-12(20)14(11)17(24)25)10-6-21-5-8-1-9(26-15(8)10)4-13-16(23)22-18(27)28-13/h1-6H,(H,24,25)(H,22,23,27)/b13-4+. The molecule has 0 atom stereocenters. The van der Waals surface area contributed by atoms with Crippen LogP contribution in [0.1, 0.15) is 16.1 Å². The Hall–Kier alpha value is -3.11. The van der Waals surface area contributed by atoms with E-state index < -0.39 is 23.2 Å². The van der Waals surface area contributed by atoms with Gasteiger partial charge >= 0.3 is 5.97 Å². The monoisotopic (exact) mass is 418 g/mol. The quantitative estimate of drug-likeness (QED) is 0.491. The second kappa shape index (κ2) is 6.80. The van der Waals surface area contributed by atoms with Gasteiger partial charge in [0.15, 0.2) is 0 Å². The average Bonchev–Trinajstić information content (AvgIpc) is 3.15. The number of thioether (sulfide) groups is 1. The highest BCUT2D eigenvalue weighted by Crippen LogP contribution is 2.34. The minimum absolute atomic E-state index is 0.0702. The van der Waals surface area contributed by atoms with Crippen molar-refractivity contribution < 1.29 is 27.9 Å². The number of aromatic nitrogens is 1. The number of carboxylic acid groups (broad SMARTS) is 1. The molecular weight excluding hydrogens is 410 g/mol. The van der Waals surface area contributed by atoms with Crippen molar-refractivity contribution in [1.29, 1.82) is 0 Å². The number of benzene rings is 1. The van der Waals surface area contributed by atoms with Gasteiger partial charge in [-0.3, -0.25) is 9.78 Å². The number of fused-ring (bicyclic) bond motifs is 1. The van der Waals surface area contributed by atoms with Gasteiger partial charge in [-0.25, -0.2) is 13.6 Å². The van der Waals surface area contributed by atoms with Crippen molar-refractivity contribution in [2.24, 2.45) is 0 Å². The van der Waals surface area contributed by atoms with Gasteiger partial charge in [0.05, 0.1) is 4.91 Å². The summed E-state index contributed by atoms with van der Waals surface area (Å²) in [6, 6.07) is 3.43. The lowest BCUT2D eigenvalue weighted by atomic mass is 10.0. The van der Waals surface area contributed by atoms with Gasteiger partial charge in [-0.15, -0.1) is 0 Å². The summed E-state index contributed by atoms with van der Waals surface area (Å²) >= 11 is 6.02. The fourth-order valence-electron chi connectivity index (χ4n) is 2.74. The molecule has 1 aliphatic rings. The first kappa shape index (κ1) is 18.3. The molecule has 0 radical (unpaired) electrons. The molecule has 28 heavy (non-hydrogen) atoms. The van der Waals surface area contributed by atoms with E-state index in [9.17, 15) is 18.4 Å². The third-order valence-electron chi connectivity index (χ3n) is 3.92. The van der Waals surface area contributed by atoms with E-state index in [1.807, 2.05) is 0 Å². The predicted octanol–water partition coefficient (Wildman–Crippen LogP) is 3.96. The zero-order valence-electron chi connectivity index (χ0n) is 13.7. The van der Waals surface area contributed by atoms with Crippen LogP contribution in [0.25, 0.3) is 28.2 Å². The maximum atomic E-state index is 14.1. The summed E-state index contributed by atoms with van der Waals surface area (Å²) in [5.41, 5.74) is -0.402. The molecule has 1 amide bonds. The van der Waals surface area contributed by atoms with Crippen molar-refractivity contribution in [3.8, 4) is 11.1 Å². The first-order valence-electron chi connectivity index (χ1n) is 7.68. The molecule has 3 aromatic rings. The number of thiocarbonyl (C=S) groups is 1. The number of carbonyl (C=O) groups is 2. The third-order valence-corrected chi connectivity index (χ3v) is 5.09. The molecule has 3 heterocycles. The number of carbonyl (C=O) groups excluding carboxylic acids is 1. The van der Waals surface area contributed by atoms with Crippen molar-refractivity contribution in [3.63, 3.8) is 0 Å². The van der Waals surface area contributed by atoms with Crippen LogP contribution in [0.2, 0.25) is 0 Å². The molecule has 1 aliphatic heterocycles. The number of halogens is 2. The average molecular weight is 418 g/mol. The molecule has 0 unspecified atom stereocenters. The number of nitrogens with one attached hydrogen (secondary N) is 1. The molecule has 2 N–H and O–H groups in total. The summed E-state index contributed by atoms with van der Waals surface area (Å²) < 4.78 is 34.2. The Morgan fingerprint density at radius 2 is 1.96 bits per heavy atom.